The van der Waals surface area contributed by atoms with Crippen LogP contribution in [0.1, 0.15) is 26.2 Å². The lowest BCUT2D eigenvalue weighted by Crippen LogP contribution is -2.44. The molecule has 1 N–H and O–H groups in total. The monoisotopic (exact) mass is 342 g/mol. The average Bonchev–Trinajstić information content (AvgIpc) is 2.56. The van der Waals surface area contributed by atoms with E-state index in [0.29, 0.717) is 11.5 Å². The zero-order valence-corrected chi connectivity index (χ0v) is 14.9. The molecule has 0 amide bonds. The van der Waals surface area contributed by atoms with Gasteiger partial charge in [0.1, 0.15) is 16.4 Å². The van der Waals surface area contributed by atoms with Crippen molar-refractivity contribution in [1.82, 2.24) is 9.62 Å². The van der Waals surface area contributed by atoms with Crippen molar-refractivity contribution in [2.45, 2.75) is 37.1 Å². The smallest absolute Gasteiger partial charge is 0.244 e. The van der Waals surface area contributed by atoms with Crippen LogP contribution < -0.4 is 14.2 Å². The maximum Gasteiger partial charge on any atom is 0.244 e. The minimum atomic E-state index is -3.61. The molecule has 0 unspecified atom stereocenters. The van der Waals surface area contributed by atoms with Gasteiger partial charge >= 0.3 is 0 Å². The number of methoxy groups -OCH3 is 2. The molecule has 0 aromatic heterocycles. The quantitative estimate of drug-likeness (QED) is 0.819. The molecule has 0 atom stereocenters. The fraction of sp³-hybridized carbons (Fsp3) is 0.625. The summed E-state index contributed by atoms with van der Waals surface area (Å²) in [4.78, 5) is 2.52. The molecule has 0 radical (unpaired) electrons. The molecule has 1 aliphatic heterocycles. The fourth-order valence-electron chi connectivity index (χ4n) is 2.87. The first-order valence-electron chi connectivity index (χ1n) is 7.97. The highest BCUT2D eigenvalue weighted by atomic mass is 32.2. The van der Waals surface area contributed by atoms with Gasteiger partial charge in [0.15, 0.2) is 0 Å². The SMILES string of the molecule is CCCN1CCC(NS(=O)(=O)c2ccc(OC)cc2OC)CC1. The second-order valence-corrected chi connectivity index (χ2v) is 7.44. The van der Waals surface area contributed by atoms with Crippen molar-refractivity contribution >= 4 is 10.0 Å². The van der Waals surface area contributed by atoms with Gasteiger partial charge in [-0.15, -0.1) is 0 Å². The predicted octanol–water partition coefficient (Wildman–Crippen LogP) is 1.86. The van der Waals surface area contributed by atoms with Gasteiger partial charge in [-0.1, -0.05) is 6.92 Å². The molecule has 23 heavy (non-hydrogen) atoms. The molecule has 0 spiro atoms. The Labute approximate surface area is 138 Å². The van der Waals surface area contributed by atoms with Crippen LogP contribution in [0, 0.1) is 0 Å². The van der Waals surface area contributed by atoms with E-state index in [1.807, 2.05) is 0 Å². The zero-order chi connectivity index (χ0) is 16.9. The summed E-state index contributed by atoms with van der Waals surface area (Å²) in [5, 5.41) is 0. The van der Waals surface area contributed by atoms with Crippen molar-refractivity contribution in [3.63, 3.8) is 0 Å². The van der Waals surface area contributed by atoms with E-state index in [1.165, 1.54) is 20.3 Å². The Morgan fingerprint density at radius 2 is 1.91 bits per heavy atom. The predicted molar refractivity (Wildman–Crippen MR) is 89.6 cm³/mol. The van der Waals surface area contributed by atoms with E-state index in [-0.39, 0.29) is 10.9 Å². The molecule has 1 saturated heterocycles. The normalized spacial score (nSPS) is 17.2. The van der Waals surface area contributed by atoms with Gasteiger partial charge < -0.3 is 14.4 Å². The van der Waals surface area contributed by atoms with E-state index < -0.39 is 10.0 Å². The van der Waals surface area contributed by atoms with Crippen LogP contribution in [-0.4, -0.2) is 53.2 Å². The van der Waals surface area contributed by atoms with E-state index in [0.717, 1.165) is 38.9 Å². The van der Waals surface area contributed by atoms with Crippen LogP contribution in [-0.2, 0) is 10.0 Å². The van der Waals surface area contributed by atoms with Crippen LogP contribution in [0.15, 0.2) is 23.1 Å². The molecule has 1 aromatic carbocycles. The molecule has 6 nitrogen and oxygen atoms in total. The van der Waals surface area contributed by atoms with Crippen LogP contribution in [0.3, 0.4) is 0 Å². The van der Waals surface area contributed by atoms with Crippen LogP contribution in [0.25, 0.3) is 0 Å². The average molecular weight is 342 g/mol. The Hall–Kier alpha value is -1.31. The number of rotatable bonds is 7. The van der Waals surface area contributed by atoms with E-state index in [9.17, 15) is 8.42 Å². The summed E-state index contributed by atoms with van der Waals surface area (Å²) in [5.41, 5.74) is 0. The maximum absolute atomic E-state index is 12.6. The summed E-state index contributed by atoms with van der Waals surface area (Å²) >= 11 is 0. The molecule has 1 aromatic rings. The zero-order valence-electron chi connectivity index (χ0n) is 14.0. The number of sulfonamides is 1. The number of nitrogens with one attached hydrogen (secondary N) is 1. The summed E-state index contributed by atoms with van der Waals surface area (Å²) in [6, 6.07) is 4.70. The molecule has 1 heterocycles. The molecule has 2 rings (SSSR count). The minimum absolute atomic E-state index is 0.0279. The number of ether oxygens (including phenoxy) is 2. The van der Waals surface area contributed by atoms with Gasteiger partial charge in [-0.25, -0.2) is 13.1 Å². The number of benzene rings is 1. The third-order valence-electron chi connectivity index (χ3n) is 4.11. The molecule has 0 saturated carbocycles. The summed E-state index contributed by atoms with van der Waals surface area (Å²) in [7, 11) is -0.618. The molecule has 7 heteroatoms. The van der Waals surface area contributed by atoms with Gasteiger partial charge in [0, 0.05) is 12.1 Å². The van der Waals surface area contributed by atoms with Crippen LogP contribution in [0.2, 0.25) is 0 Å². The first-order chi connectivity index (χ1) is 11.0. The van der Waals surface area contributed by atoms with Gasteiger partial charge in [0.05, 0.1) is 14.2 Å². The van der Waals surface area contributed by atoms with Crippen LogP contribution >= 0.6 is 0 Å². The van der Waals surface area contributed by atoms with E-state index >= 15 is 0 Å². The Morgan fingerprint density at radius 3 is 2.48 bits per heavy atom. The Kier molecular flexibility index (Phi) is 6.26. The minimum Gasteiger partial charge on any atom is -0.497 e. The second kappa shape index (κ2) is 7.99. The molecule has 1 fully saturated rings. The largest absolute Gasteiger partial charge is 0.497 e. The standard InChI is InChI=1S/C16H26N2O4S/c1-4-9-18-10-7-13(8-11-18)17-23(19,20)16-6-5-14(21-2)12-15(16)22-3/h5-6,12-13,17H,4,7-11H2,1-3H3. The Balaban J connectivity index is 2.08. The fourth-order valence-corrected chi connectivity index (χ4v) is 4.33. The Morgan fingerprint density at radius 1 is 1.22 bits per heavy atom. The number of hydrogen-bond acceptors (Lipinski definition) is 5. The molecule has 1 aliphatic rings. The number of likely N-dealkylation sites (tertiary alicyclic amines) is 1. The van der Waals surface area contributed by atoms with Crippen molar-refractivity contribution in [3.05, 3.63) is 18.2 Å². The van der Waals surface area contributed by atoms with Crippen LogP contribution in [0.4, 0.5) is 0 Å². The Bertz CT molecular complexity index is 611. The third kappa shape index (κ3) is 4.59. The lowest BCUT2D eigenvalue weighted by Gasteiger charge is -2.32. The van der Waals surface area contributed by atoms with Crippen molar-refractivity contribution in [2.24, 2.45) is 0 Å². The highest BCUT2D eigenvalue weighted by molar-refractivity contribution is 7.89. The molecular weight excluding hydrogens is 316 g/mol. The lowest BCUT2D eigenvalue weighted by molar-refractivity contribution is 0.208. The van der Waals surface area contributed by atoms with Gasteiger partial charge in [-0.2, -0.15) is 0 Å². The third-order valence-corrected chi connectivity index (χ3v) is 5.67. The highest BCUT2D eigenvalue weighted by Crippen LogP contribution is 2.28. The molecule has 130 valence electrons. The van der Waals surface area contributed by atoms with Gasteiger partial charge in [-0.05, 0) is 51.0 Å². The first kappa shape index (κ1) is 18.0. The van der Waals surface area contributed by atoms with Crippen molar-refractivity contribution < 1.29 is 17.9 Å². The number of hydrogen-bond donors (Lipinski definition) is 1. The number of nitrogens with zero attached hydrogens (tertiary/aromatic N) is 1. The lowest BCUT2D eigenvalue weighted by atomic mass is 10.1. The maximum atomic E-state index is 12.6. The molecule has 0 aliphatic carbocycles. The van der Waals surface area contributed by atoms with Crippen molar-refractivity contribution in [3.8, 4) is 11.5 Å². The van der Waals surface area contributed by atoms with E-state index in [4.69, 9.17) is 9.47 Å². The number of piperidine rings is 1. The summed E-state index contributed by atoms with van der Waals surface area (Å²) < 4.78 is 38.4. The summed E-state index contributed by atoms with van der Waals surface area (Å²) in [6.07, 6.45) is 2.79. The van der Waals surface area contributed by atoms with Crippen LogP contribution in [0.5, 0.6) is 11.5 Å². The van der Waals surface area contributed by atoms with Gasteiger partial charge in [-0.3, -0.25) is 0 Å². The topological polar surface area (TPSA) is 67.9 Å². The second-order valence-electron chi connectivity index (χ2n) is 5.75. The first-order valence-corrected chi connectivity index (χ1v) is 9.45. The van der Waals surface area contributed by atoms with E-state index in [1.54, 1.807) is 12.1 Å². The molecule has 0 bridgehead atoms. The highest BCUT2D eigenvalue weighted by Gasteiger charge is 2.26. The van der Waals surface area contributed by atoms with Gasteiger partial charge in [0.25, 0.3) is 0 Å². The van der Waals surface area contributed by atoms with Crippen molar-refractivity contribution in [2.75, 3.05) is 33.9 Å². The van der Waals surface area contributed by atoms with E-state index in [2.05, 4.69) is 16.5 Å². The van der Waals surface area contributed by atoms with Crippen molar-refractivity contribution in [1.29, 1.82) is 0 Å². The van der Waals surface area contributed by atoms with Gasteiger partial charge in [0.2, 0.25) is 10.0 Å². The summed E-state index contributed by atoms with van der Waals surface area (Å²) in [6.45, 7) is 5.10. The molecular formula is C16H26N2O4S. The summed E-state index contributed by atoms with van der Waals surface area (Å²) in [5.74, 6) is 0.856.